The van der Waals surface area contributed by atoms with Gasteiger partial charge in [-0.15, -0.1) is 0 Å². The van der Waals surface area contributed by atoms with E-state index < -0.39 is 6.04 Å². The van der Waals surface area contributed by atoms with Crippen molar-refractivity contribution >= 4 is 35.2 Å². The molecule has 1 aromatic rings. The second-order valence-corrected chi connectivity index (χ2v) is 6.37. The highest BCUT2D eigenvalue weighted by Crippen LogP contribution is 2.31. The van der Waals surface area contributed by atoms with Crippen molar-refractivity contribution in [3.63, 3.8) is 0 Å². The Balaban J connectivity index is 1.67. The summed E-state index contributed by atoms with van der Waals surface area (Å²) in [7, 11) is 0. The molecule has 25 heavy (non-hydrogen) atoms. The summed E-state index contributed by atoms with van der Waals surface area (Å²) in [5.74, 6) is -0.515. The number of carbonyl (C=O) groups excluding carboxylic acids is 3. The van der Waals surface area contributed by atoms with Crippen LogP contribution < -0.4 is 4.90 Å². The maximum absolute atomic E-state index is 12.8. The molecule has 0 bridgehead atoms. The van der Waals surface area contributed by atoms with E-state index >= 15 is 0 Å². The number of amides is 3. The van der Waals surface area contributed by atoms with E-state index in [2.05, 4.69) is 0 Å². The van der Waals surface area contributed by atoms with E-state index in [0.29, 0.717) is 43.5 Å². The average Bonchev–Trinajstić information content (AvgIpc) is 2.90. The fourth-order valence-corrected chi connectivity index (χ4v) is 3.44. The quantitative estimate of drug-likeness (QED) is 0.763. The highest BCUT2D eigenvalue weighted by Gasteiger charge is 2.44. The first kappa shape index (κ1) is 17.7. The molecule has 1 aromatic carbocycles. The van der Waals surface area contributed by atoms with Crippen molar-refractivity contribution in [2.24, 2.45) is 0 Å². The summed E-state index contributed by atoms with van der Waals surface area (Å²) in [6.45, 7) is 4.10. The van der Waals surface area contributed by atoms with E-state index in [1.54, 1.807) is 36.1 Å². The number of rotatable bonds is 3. The molecule has 7 nitrogen and oxygen atoms in total. The second-order valence-electron chi connectivity index (χ2n) is 5.96. The van der Waals surface area contributed by atoms with Crippen molar-refractivity contribution < 1.29 is 19.1 Å². The van der Waals surface area contributed by atoms with Gasteiger partial charge in [0.1, 0.15) is 0 Å². The van der Waals surface area contributed by atoms with Crippen LogP contribution in [0.4, 0.5) is 10.5 Å². The second kappa shape index (κ2) is 7.41. The fourth-order valence-electron chi connectivity index (χ4n) is 3.22. The fraction of sp³-hybridized carbons (Fsp3) is 0.471. The van der Waals surface area contributed by atoms with E-state index in [4.69, 9.17) is 16.3 Å². The smallest absolute Gasteiger partial charge is 0.409 e. The predicted molar refractivity (Wildman–Crippen MR) is 92.5 cm³/mol. The molecule has 1 unspecified atom stereocenters. The van der Waals surface area contributed by atoms with Crippen molar-refractivity contribution in [2.75, 3.05) is 37.7 Å². The summed E-state index contributed by atoms with van der Waals surface area (Å²) in [4.78, 5) is 41.7. The molecule has 0 aromatic heterocycles. The number of halogens is 1. The van der Waals surface area contributed by atoms with Crippen molar-refractivity contribution in [1.82, 2.24) is 9.80 Å². The van der Waals surface area contributed by atoms with Crippen LogP contribution in [0.25, 0.3) is 0 Å². The van der Waals surface area contributed by atoms with E-state index in [1.807, 2.05) is 4.90 Å². The lowest BCUT2D eigenvalue weighted by molar-refractivity contribution is -0.123. The van der Waals surface area contributed by atoms with E-state index in [0.717, 1.165) is 0 Å². The van der Waals surface area contributed by atoms with Crippen LogP contribution in [-0.2, 0) is 14.3 Å². The molecule has 0 spiro atoms. The van der Waals surface area contributed by atoms with Gasteiger partial charge in [0.05, 0.1) is 29.8 Å². The van der Waals surface area contributed by atoms with E-state index in [-0.39, 0.29) is 24.3 Å². The van der Waals surface area contributed by atoms with Gasteiger partial charge in [-0.05, 0) is 19.1 Å². The zero-order valence-corrected chi connectivity index (χ0v) is 14.7. The minimum atomic E-state index is -0.506. The molecular formula is C17H20ClN3O4. The third kappa shape index (κ3) is 3.48. The Kier molecular flexibility index (Phi) is 5.24. The monoisotopic (exact) mass is 365 g/mol. The Bertz CT molecular complexity index is 688. The highest BCUT2D eigenvalue weighted by molar-refractivity contribution is 6.36. The molecule has 0 saturated carbocycles. The first-order chi connectivity index (χ1) is 12.0. The largest absolute Gasteiger partial charge is 0.450 e. The number of benzene rings is 1. The molecule has 3 amide bonds. The SMILES string of the molecule is CCOC(=O)N1CCN(C2CC(=O)N(c3ccccc3Cl)C2=O)CC1. The van der Waals surface area contributed by atoms with Crippen LogP contribution in [0.5, 0.6) is 0 Å². The van der Waals surface area contributed by atoms with Gasteiger partial charge >= 0.3 is 6.09 Å². The van der Waals surface area contributed by atoms with Gasteiger partial charge in [0.2, 0.25) is 5.91 Å². The minimum absolute atomic E-state index is 0.128. The molecule has 2 aliphatic rings. The first-order valence-corrected chi connectivity index (χ1v) is 8.67. The summed E-state index contributed by atoms with van der Waals surface area (Å²) in [5, 5.41) is 0.372. The number of anilines is 1. The lowest BCUT2D eigenvalue weighted by atomic mass is 10.2. The van der Waals surface area contributed by atoms with Crippen molar-refractivity contribution in [1.29, 1.82) is 0 Å². The molecule has 0 aliphatic carbocycles. The molecule has 2 heterocycles. The zero-order chi connectivity index (χ0) is 18.0. The van der Waals surface area contributed by atoms with Gasteiger partial charge in [-0.3, -0.25) is 14.5 Å². The van der Waals surface area contributed by atoms with Gasteiger partial charge in [0, 0.05) is 26.2 Å². The minimum Gasteiger partial charge on any atom is -0.450 e. The van der Waals surface area contributed by atoms with Crippen molar-refractivity contribution in [3.05, 3.63) is 29.3 Å². The van der Waals surface area contributed by atoms with Gasteiger partial charge in [0.25, 0.3) is 5.91 Å². The Morgan fingerprint density at radius 2 is 1.88 bits per heavy atom. The first-order valence-electron chi connectivity index (χ1n) is 8.30. The van der Waals surface area contributed by atoms with Crippen molar-refractivity contribution in [3.8, 4) is 0 Å². The molecule has 2 fully saturated rings. The van der Waals surface area contributed by atoms with Gasteiger partial charge in [0.15, 0.2) is 0 Å². The molecule has 0 radical (unpaired) electrons. The maximum Gasteiger partial charge on any atom is 0.409 e. The number of hydrogen-bond donors (Lipinski definition) is 0. The van der Waals surface area contributed by atoms with Crippen LogP contribution >= 0.6 is 11.6 Å². The molecule has 8 heteroatoms. The molecular weight excluding hydrogens is 346 g/mol. The number of piperazine rings is 1. The molecule has 0 N–H and O–H groups in total. The Hall–Kier alpha value is -2.12. The van der Waals surface area contributed by atoms with E-state index in [9.17, 15) is 14.4 Å². The molecule has 134 valence electrons. The van der Waals surface area contributed by atoms with Gasteiger partial charge in [-0.2, -0.15) is 0 Å². The van der Waals surface area contributed by atoms with Crippen molar-refractivity contribution in [2.45, 2.75) is 19.4 Å². The van der Waals surface area contributed by atoms with Crippen LogP contribution in [0.2, 0.25) is 5.02 Å². The third-order valence-electron chi connectivity index (χ3n) is 4.50. The van der Waals surface area contributed by atoms with Gasteiger partial charge in [-0.1, -0.05) is 23.7 Å². The molecule has 2 saturated heterocycles. The Labute approximate surface area is 151 Å². The van der Waals surface area contributed by atoms with Gasteiger partial charge in [-0.25, -0.2) is 9.69 Å². The Morgan fingerprint density at radius 3 is 2.52 bits per heavy atom. The standard InChI is InChI=1S/C17H20ClN3O4/c1-2-25-17(24)20-9-7-19(8-10-20)14-11-15(22)21(16(14)23)13-6-4-3-5-12(13)18/h3-6,14H,2,7-11H2,1H3. The summed E-state index contributed by atoms with van der Waals surface area (Å²) in [6.07, 6.45) is -0.211. The number of ether oxygens (including phenoxy) is 1. The lowest BCUT2D eigenvalue weighted by Crippen LogP contribution is -2.54. The number of nitrogens with zero attached hydrogens (tertiary/aromatic N) is 3. The number of carbonyl (C=O) groups is 3. The highest BCUT2D eigenvalue weighted by atomic mass is 35.5. The van der Waals surface area contributed by atoms with Crippen LogP contribution in [-0.4, -0.2) is 66.5 Å². The number of para-hydroxylation sites is 1. The molecule has 1 atom stereocenters. The molecule has 3 rings (SSSR count). The summed E-state index contributed by atoms with van der Waals surface area (Å²) >= 11 is 6.13. The van der Waals surface area contributed by atoms with E-state index in [1.165, 1.54) is 4.90 Å². The maximum atomic E-state index is 12.8. The van der Waals surface area contributed by atoms with Crippen LogP contribution in [0.15, 0.2) is 24.3 Å². The Morgan fingerprint density at radius 1 is 1.20 bits per heavy atom. The summed E-state index contributed by atoms with van der Waals surface area (Å²) in [6, 6.07) is 6.31. The molecule has 2 aliphatic heterocycles. The predicted octanol–water partition coefficient (Wildman–Crippen LogP) is 1.75. The van der Waals surface area contributed by atoms with Crippen LogP contribution in [0.1, 0.15) is 13.3 Å². The topological polar surface area (TPSA) is 70.2 Å². The van der Waals surface area contributed by atoms with Gasteiger partial charge < -0.3 is 9.64 Å². The van der Waals surface area contributed by atoms with Crippen LogP contribution in [0.3, 0.4) is 0 Å². The average molecular weight is 366 g/mol. The normalized spacial score (nSPS) is 21.8. The number of hydrogen-bond acceptors (Lipinski definition) is 5. The lowest BCUT2D eigenvalue weighted by Gasteiger charge is -2.36. The third-order valence-corrected chi connectivity index (χ3v) is 4.82. The zero-order valence-electron chi connectivity index (χ0n) is 14.0. The summed E-state index contributed by atoms with van der Waals surface area (Å²) < 4.78 is 4.99. The van der Waals surface area contributed by atoms with Crippen LogP contribution in [0, 0.1) is 0 Å². The summed E-state index contributed by atoms with van der Waals surface area (Å²) in [5.41, 5.74) is 0.423. The number of imide groups is 1.